The molecule has 0 aliphatic heterocycles. The molecule has 4 heteroatoms. The predicted molar refractivity (Wildman–Crippen MR) is 76.7 cm³/mol. The number of hydrogen-bond donors (Lipinski definition) is 0. The Hall–Kier alpha value is 2.41. The zero-order valence-electron chi connectivity index (χ0n) is 6.71. The SMILES string of the molecule is CC(C)C(C)(C)[Si](I)(I)I. The van der Waals surface area contributed by atoms with Crippen LogP contribution in [0.3, 0.4) is 0 Å². The molecule has 0 unspecified atom stereocenters. The van der Waals surface area contributed by atoms with Gasteiger partial charge in [0.05, 0.1) is 0 Å². The third-order valence-electron chi connectivity index (χ3n) is 2.17. The Morgan fingerprint density at radius 3 is 1.40 bits per heavy atom. The highest BCUT2D eigenvalue weighted by Gasteiger charge is 2.43. The third kappa shape index (κ3) is 3.04. The molecular weight excluding hydrogens is 481 g/mol. The number of hydrogen-bond acceptors (Lipinski definition) is 0. The molecule has 0 nitrogen and oxygen atoms in total. The minimum atomic E-state index is -1.04. The van der Waals surface area contributed by atoms with Crippen molar-refractivity contribution in [1.29, 1.82) is 0 Å². The van der Waals surface area contributed by atoms with Gasteiger partial charge in [-0.3, -0.25) is 0 Å². The maximum absolute atomic E-state index is 2.65. The molecule has 0 radical (unpaired) electrons. The van der Waals surface area contributed by atoms with Crippen LogP contribution >= 0.6 is 65.4 Å². The van der Waals surface area contributed by atoms with Crippen LogP contribution in [0.25, 0.3) is 0 Å². The summed E-state index contributed by atoms with van der Waals surface area (Å²) in [7, 11) is 0. The first-order chi connectivity index (χ1) is 4.19. The second-order valence-electron chi connectivity index (χ2n) is 3.37. The van der Waals surface area contributed by atoms with E-state index in [0.717, 1.165) is 5.92 Å². The zero-order valence-corrected chi connectivity index (χ0v) is 14.2. The van der Waals surface area contributed by atoms with Crippen LogP contribution in [0, 0.1) is 5.92 Å². The molecule has 0 heterocycles. The van der Waals surface area contributed by atoms with Gasteiger partial charge in [-0.05, 0) is 11.0 Å². The normalized spacial score (nSPS) is 14.4. The van der Waals surface area contributed by atoms with Crippen molar-refractivity contribution in [3.05, 3.63) is 0 Å². The molecule has 0 spiro atoms. The van der Waals surface area contributed by atoms with Gasteiger partial charge in [0.1, 0.15) is 0 Å². The zero-order chi connectivity index (χ0) is 8.58. The molecule has 0 saturated heterocycles. The molecule has 10 heavy (non-hydrogen) atoms. The summed E-state index contributed by atoms with van der Waals surface area (Å²) in [6.45, 7) is 9.40. The van der Waals surface area contributed by atoms with Gasteiger partial charge in [0.2, 0.25) is 0 Å². The van der Waals surface area contributed by atoms with Crippen molar-refractivity contribution in [2.45, 2.75) is 32.7 Å². The fraction of sp³-hybridized carbons (Fsp3) is 1.00. The summed E-state index contributed by atoms with van der Waals surface area (Å²) in [5.74, 6) is 0.796. The predicted octanol–water partition coefficient (Wildman–Crippen LogP) is 4.67. The van der Waals surface area contributed by atoms with Gasteiger partial charge in [0.15, 0.2) is 0 Å². The lowest BCUT2D eigenvalue weighted by Crippen LogP contribution is -2.30. The van der Waals surface area contributed by atoms with Crippen LogP contribution in [-0.2, 0) is 0 Å². The Bertz CT molecular complexity index is 115. The van der Waals surface area contributed by atoms with Gasteiger partial charge in [-0.25, -0.2) is 0 Å². The van der Waals surface area contributed by atoms with Crippen LogP contribution in [-0.4, -0.2) is 0.564 Å². The van der Waals surface area contributed by atoms with E-state index >= 15 is 0 Å². The molecule has 0 aromatic carbocycles. The standard InChI is InChI=1S/C6H13I3Si/c1-5(2)6(3,4)10(7,8)9/h5H,1-4H3. The van der Waals surface area contributed by atoms with Crippen molar-refractivity contribution in [1.82, 2.24) is 0 Å². The van der Waals surface area contributed by atoms with Gasteiger partial charge in [0.25, 0.3) is 0.564 Å². The van der Waals surface area contributed by atoms with E-state index in [1.54, 1.807) is 0 Å². The van der Waals surface area contributed by atoms with Gasteiger partial charge >= 0.3 is 0 Å². The van der Waals surface area contributed by atoms with Crippen LogP contribution in [0.2, 0.25) is 5.04 Å². The first-order valence-corrected chi connectivity index (χ1v) is 14.6. The minimum Gasteiger partial charge on any atom is -0.0904 e. The van der Waals surface area contributed by atoms with Crippen molar-refractivity contribution in [3.8, 4) is 0 Å². The van der Waals surface area contributed by atoms with Crippen LogP contribution in [0.1, 0.15) is 27.7 Å². The molecule has 0 rings (SSSR count). The van der Waals surface area contributed by atoms with E-state index < -0.39 is 0.564 Å². The van der Waals surface area contributed by atoms with E-state index in [1.165, 1.54) is 0 Å². The van der Waals surface area contributed by atoms with E-state index in [2.05, 4.69) is 93.1 Å². The maximum atomic E-state index is 2.65. The van der Waals surface area contributed by atoms with Crippen molar-refractivity contribution in [2.75, 3.05) is 0 Å². The Morgan fingerprint density at radius 2 is 1.40 bits per heavy atom. The Morgan fingerprint density at radius 1 is 1.10 bits per heavy atom. The average Bonchev–Trinajstić information content (AvgIpc) is 1.62. The molecule has 0 bridgehead atoms. The van der Waals surface area contributed by atoms with E-state index in [1.807, 2.05) is 0 Å². The lowest BCUT2D eigenvalue weighted by molar-refractivity contribution is 0.478. The van der Waals surface area contributed by atoms with E-state index in [9.17, 15) is 0 Å². The first-order valence-electron chi connectivity index (χ1n) is 3.26. The Balaban J connectivity index is 4.40. The van der Waals surface area contributed by atoms with Crippen molar-refractivity contribution in [3.63, 3.8) is 0 Å². The molecule has 0 aliphatic rings. The first kappa shape index (κ1) is 12.4. The van der Waals surface area contributed by atoms with Gasteiger partial charge in [0, 0.05) is 0 Å². The average molecular weight is 494 g/mol. The smallest absolute Gasteiger partial charge is 0.0904 e. The summed E-state index contributed by atoms with van der Waals surface area (Å²) in [4.78, 5) is 0. The maximum Gasteiger partial charge on any atom is 0.259 e. The largest absolute Gasteiger partial charge is 0.259 e. The monoisotopic (exact) mass is 494 g/mol. The van der Waals surface area contributed by atoms with E-state index in [4.69, 9.17) is 0 Å². The second-order valence-corrected chi connectivity index (χ2v) is 38.8. The fourth-order valence-electron chi connectivity index (χ4n) is 0.327. The van der Waals surface area contributed by atoms with Gasteiger partial charge in [-0.15, -0.1) is 0 Å². The lowest BCUT2D eigenvalue weighted by Gasteiger charge is -2.35. The topological polar surface area (TPSA) is 0 Å². The van der Waals surface area contributed by atoms with Crippen molar-refractivity contribution >= 4 is 66.0 Å². The van der Waals surface area contributed by atoms with Crippen LogP contribution in [0.4, 0.5) is 0 Å². The molecule has 0 fully saturated rings. The van der Waals surface area contributed by atoms with Crippen LogP contribution in [0.5, 0.6) is 0 Å². The molecule has 62 valence electrons. The molecule has 0 N–H and O–H groups in total. The Kier molecular flexibility index (Phi) is 5.06. The van der Waals surface area contributed by atoms with E-state index in [-0.39, 0.29) is 0 Å². The summed E-state index contributed by atoms with van der Waals surface area (Å²) in [6, 6.07) is 0. The van der Waals surface area contributed by atoms with Gasteiger partial charge in [-0.2, -0.15) is 0 Å². The Labute approximate surface area is 103 Å². The molecule has 0 aromatic rings. The fourth-order valence-corrected chi connectivity index (χ4v) is 6.59. The summed E-state index contributed by atoms with van der Waals surface area (Å²) in [5, 5.41) is 0.536. The molecule has 0 amide bonds. The second kappa shape index (κ2) is 4.08. The summed E-state index contributed by atoms with van der Waals surface area (Å²) >= 11 is 7.94. The summed E-state index contributed by atoms with van der Waals surface area (Å²) < 4.78 is -1.04. The van der Waals surface area contributed by atoms with Crippen molar-refractivity contribution in [2.24, 2.45) is 5.92 Å². The number of halogens is 3. The van der Waals surface area contributed by atoms with Gasteiger partial charge in [-0.1, -0.05) is 93.1 Å². The molecular formula is C6H13I3Si. The number of rotatable bonds is 2. The third-order valence-corrected chi connectivity index (χ3v) is 16.7. The lowest BCUT2D eigenvalue weighted by atomic mass is 9.99. The highest BCUT2D eigenvalue weighted by molar-refractivity contribution is 14.4. The molecule has 0 saturated carbocycles. The highest BCUT2D eigenvalue weighted by atomic mass is 127. The summed E-state index contributed by atoms with van der Waals surface area (Å²) in [5.41, 5.74) is 0. The quantitative estimate of drug-likeness (QED) is 0.298. The van der Waals surface area contributed by atoms with Crippen LogP contribution < -0.4 is 0 Å². The van der Waals surface area contributed by atoms with Crippen molar-refractivity contribution < 1.29 is 0 Å². The molecule has 0 aliphatic carbocycles. The molecule has 0 aromatic heterocycles. The van der Waals surface area contributed by atoms with Crippen LogP contribution in [0.15, 0.2) is 0 Å². The molecule has 0 atom stereocenters. The highest BCUT2D eigenvalue weighted by Crippen LogP contribution is 2.54. The summed E-state index contributed by atoms with van der Waals surface area (Å²) in [6.07, 6.45) is 0. The minimum absolute atomic E-state index is 0.536. The van der Waals surface area contributed by atoms with Gasteiger partial charge < -0.3 is 0 Å². The van der Waals surface area contributed by atoms with E-state index in [0.29, 0.717) is 5.04 Å².